The molecule has 0 rings (SSSR count). The van der Waals surface area contributed by atoms with E-state index in [1.807, 2.05) is 0 Å². The van der Waals surface area contributed by atoms with Gasteiger partial charge >= 0.3 is 5.97 Å². The summed E-state index contributed by atoms with van der Waals surface area (Å²) in [5, 5.41) is 8.56. The molecule has 0 aliphatic rings. The van der Waals surface area contributed by atoms with E-state index in [9.17, 15) is 9.28 Å². The van der Waals surface area contributed by atoms with Crippen LogP contribution < -0.4 is 0 Å². The molecule has 0 atom stereocenters. The molecule has 1 N–H and O–H groups in total. The average Bonchev–Trinajstić information content (AvgIpc) is 1.63. The van der Waals surface area contributed by atoms with Crippen molar-refractivity contribution in [1.82, 2.24) is 5.12 Å². The van der Waals surface area contributed by atoms with Crippen molar-refractivity contribution >= 4 is 5.97 Å². The van der Waals surface area contributed by atoms with Crippen molar-refractivity contribution in [3.63, 3.8) is 0 Å². The molecule has 0 aliphatic carbocycles. The molecule has 0 aromatic carbocycles. The van der Waals surface area contributed by atoms with Gasteiger partial charge in [0.25, 0.3) is 0 Å². The summed E-state index contributed by atoms with van der Waals surface area (Å²) >= 11 is 0. The molecule has 0 radical (unpaired) electrons. The second-order valence-corrected chi connectivity index (χ2v) is 1.83. The zero-order valence-electron chi connectivity index (χ0n) is 5.30. The Morgan fingerprint density at radius 1 is 1.78 bits per heavy atom. The van der Waals surface area contributed by atoms with E-state index in [4.69, 9.17) is 5.11 Å². The third kappa shape index (κ3) is 7.36. The lowest BCUT2D eigenvalue weighted by molar-refractivity contribution is -0.137. The molecule has 9 heavy (non-hydrogen) atoms. The molecular weight excluding hydrogens is 125 g/mol. The average molecular weight is 135 g/mol. The van der Waals surface area contributed by atoms with Crippen LogP contribution in [0.3, 0.4) is 0 Å². The fourth-order valence-electron chi connectivity index (χ4n) is 0.448. The first-order valence-electron chi connectivity index (χ1n) is 2.71. The molecule has 0 bridgehead atoms. The number of carbonyl (C=O) groups is 1. The molecule has 0 aromatic heterocycles. The fraction of sp³-hybridized carbons (Fsp3) is 0.800. The van der Waals surface area contributed by atoms with Gasteiger partial charge in [-0.2, -0.15) is 0 Å². The Bertz CT molecular complexity index is 95.0. The Kier molecular flexibility index (Phi) is 3.96. The molecule has 0 aromatic rings. The minimum absolute atomic E-state index is 0.0360. The summed E-state index contributed by atoms with van der Waals surface area (Å²) in [6.45, 7) is 0.187. The number of hydrogen-bond donors (Lipinski definition) is 1. The number of halogens is 1. The molecule has 0 aliphatic heterocycles. The van der Waals surface area contributed by atoms with Gasteiger partial charge in [0.2, 0.25) is 0 Å². The second kappa shape index (κ2) is 4.26. The lowest BCUT2D eigenvalue weighted by Gasteiger charge is -2.00. The van der Waals surface area contributed by atoms with Crippen molar-refractivity contribution in [2.24, 2.45) is 0 Å². The monoisotopic (exact) mass is 135 g/mol. The van der Waals surface area contributed by atoms with Crippen molar-refractivity contribution in [1.29, 1.82) is 0 Å². The molecule has 0 amide bonds. The van der Waals surface area contributed by atoms with Gasteiger partial charge in [-0.25, -0.2) is 0 Å². The van der Waals surface area contributed by atoms with E-state index in [1.165, 1.54) is 7.05 Å². The van der Waals surface area contributed by atoms with Crippen LogP contribution in [0.4, 0.5) is 4.48 Å². The summed E-state index contributed by atoms with van der Waals surface area (Å²) < 4.78 is 11.8. The maximum absolute atomic E-state index is 11.8. The van der Waals surface area contributed by atoms with Crippen molar-refractivity contribution < 1.29 is 14.4 Å². The quantitative estimate of drug-likeness (QED) is 0.576. The third-order valence-electron chi connectivity index (χ3n) is 0.857. The maximum atomic E-state index is 11.8. The zero-order valence-corrected chi connectivity index (χ0v) is 5.30. The van der Waals surface area contributed by atoms with Gasteiger partial charge in [-0.1, -0.05) is 0 Å². The summed E-state index contributed by atoms with van der Waals surface area (Å²) in [7, 11) is 1.27. The van der Waals surface area contributed by atoms with Crippen LogP contribution in [0.5, 0.6) is 0 Å². The Morgan fingerprint density at radius 3 is 2.67 bits per heavy atom. The highest BCUT2D eigenvalue weighted by Gasteiger charge is 1.97. The predicted molar refractivity (Wildman–Crippen MR) is 30.6 cm³/mol. The minimum Gasteiger partial charge on any atom is -0.481 e. The summed E-state index contributed by atoms with van der Waals surface area (Å²) in [6.07, 6.45) is 0.399. The first-order valence-corrected chi connectivity index (χ1v) is 2.71. The van der Waals surface area contributed by atoms with Crippen LogP contribution in [0.15, 0.2) is 0 Å². The van der Waals surface area contributed by atoms with E-state index < -0.39 is 5.97 Å². The van der Waals surface area contributed by atoms with Crippen molar-refractivity contribution in [3.05, 3.63) is 0 Å². The van der Waals surface area contributed by atoms with Gasteiger partial charge in [0.05, 0.1) is 0 Å². The molecule has 3 nitrogen and oxygen atoms in total. The van der Waals surface area contributed by atoms with E-state index >= 15 is 0 Å². The van der Waals surface area contributed by atoms with Crippen LogP contribution in [-0.2, 0) is 4.79 Å². The summed E-state index contributed by atoms with van der Waals surface area (Å²) in [6, 6.07) is 0. The van der Waals surface area contributed by atoms with E-state index in [-0.39, 0.29) is 13.0 Å². The Labute approximate surface area is 53.0 Å². The smallest absolute Gasteiger partial charge is 0.303 e. The predicted octanol–water partition coefficient (Wildman–Crippen LogP) is 0.667. The summed E-state index contributed by atoms with van der Waals surface area (Å²) in [5.41, 5.74) is 0. The number of nitrogens with zero attached hydrogens (tertiary/aromatic N) is 1. The molecule has 4 heteroatoms. The maximum Gasteiger partial charge on any atom is 0.303 e. The molecule has 0 spiro atoms. The van der Waals surface area contributed by atoms with Gasteiger partial charge in [0.15, 0.2) is 0 Å². The van der Waals surface area contributed by atoms with E-state index in [2.05, 4.69) is 0 Å². The molecule has 0 unspecified atom stereocenters. The third-order valence-corrected chi connectivity index (χ3v) is 0.857. The lowest BCUT2D eigenvalue weighted by Crippen LogP contribution is -2.09. The number of carboxylic acids is 1. The Balaban J connectivity index is 3.01. The van der Waals surface area contributed by atoms with Gasteiger partial charge in [-0.15, -0.1) is 9.60 Å². The Hall–Kier alpha value is -0.640. The molecule has 54 valence electrons. The summed E-state index contributed by atoms with van der Waals surface area (Å²) in [5.74, 6) is -0.878. The van der Waals surface area contributed by atoms with E-state index in [0.29, 0.717) is 11.5 Å². The van der Waals surface area contributed by atoms with Crippen molar-refractivity contribution in [3.8, 4) is 0 Å². The summed E-state index contributed by atoms with van der Waals surface area (Å²) in [4.78, 5) is 9.84. The molecular formula is C5H10FNO2. The first kappa shape index (κ1) is 8.36. The van der Waals surface area contributed by atoms with Gasteiger partial charge < -0.3 is 5.11 Å². The normalized spacial score (nSPS) is 10.1. The largest absolute Gasteiger partial charge is 0.481 e. The number of hydrogen-bond acceptors (Lipinski definition) is 2. The highest BCUT2D eigenvalue weighted by molar-refractivity contribution is 5.66. The molecule has 0 heterocycles. The van der Waals surface area contributed by atoms with Crippen LogP contribution >= 0.6 is 0 Å². The number of carboxylic acid groups (broad SMARTS) is 1. The van der Waals surface area contributed by atoms with Crippen LogP contribution in [0.25, 0.3) is 0 Å². The van der Waals surface area contributed by atoms with Gasteiger partial charge in [0, 0.05) is 20.0 Å². The van der Waals surface area contributed by atoms with Crippen molar-refractivity contribution in [2.75, 3.05) is 13.6 Å². The van der Waals surface area contributed by atoms with Gasteiger partial charge in [-0.3, -0.25) is 4.79 Å². The van der Waals surface area contributed by atoms with Crippen LogP contribution in [0.2, 0.25) is 0 Å². The van der Waals surface area contributed by atoms with Crippen LogP contribution in [-0.4, -0.2) is 29.8 Å². The lowest BCUT2D eigenvalue weighted by atomic mass is 10.3. The standard InChI is InChI=1S/C5H10FNO2/c1-7(6)4-2-3-5(8)9/h2-4H2,1H3,(H,8,9). The first-order chi connectivity index (χ1) is 4.13. The molecule has 0 fully saturated rings. The van der Waals surface area contributed by atoms with Crippen LogP contribution in [0.1, 0.15) is 12.8 Å². The zero-order chi connectivity index (χ0) is 7.28. The van der Waals surface area contributed by atoms with Gasteiger partial charge in [0.1, 0.15) is 0 Å². The number of aliphatic carboxylic acids is 1. The minimum atomic E-state index is -0.878. The Morgan fingerprint density at radius 2 is 2.33 bits per heavy atom. The molecule has 0 saturated heterocycles. The van der Waals surface area contributed by atoms with Crippen LogP contribution in [0, 0.1) is 0 Å². The highest BCUT2D eigenvalue weighted by atomic mass is 19.2. The van der Waals surface area contributed by atoms with Crippen molar-refractivity contribution in [2.45, 2.75) is 12.8 Å². The second-order valence-electron chi connectivity index (χ2n) is 1.83. The topological polar surface area (TPSA) is 40.5 Å². The molecule has 0 saturated carbocycles. The number of rotatable bonds is 4. The van der Waals surface area contributed by atoms with E-state index in [1.54, 1.807) is 0 Å². The highest BCUT2D eigenvalue weighted by Crippen LogP contribution is 1.91. The van der Waals surface area contributed by atoms with E-state index in [0.717, 1.165) is 0 Å². The van der Waals surface area contributed by atoms with Gasteiger partial charge in [-0.05, 0) is 6.42 Å². The fourth-order valence-corrected chi connectivity index (χ4v) is 0.448. The SMILES string of the molecule is CN(F)CCCC(=O)O.